The molecular weight excluding hydrogens is 323 g/mol. The van der Waals surface area contributed by atoms with Crippen molar-refractivity contribution in [2.24, 2.45) is 0 Å². The predicted molar refractivity (Wildman–Crippen MR) is 64.9 cm³/mol. The third-order valence-corrected chi connectivity index (χ3v) is 2.50. The lowest BCUT2D eigenvalue weighted by Crippen LogP contribution is -2.00. The molecule has 16 heavy (non-hydrogen) atoms. The number of nitrogens with zero attached hydrogens (tertiary/aromatic N) is 4. The lowest BCUT2D eigenvalue weighted by molar-refractivity contribution is -0.384. The molecule has 0 aliphatic rings. The van der Waals surface area contributed by atoms with E-state index in [1.165, 1.54) is 12.1 Å². The molecule has 6 nitrogen and oxygen atoms in total. The second kappa shape index (κ2) is 4.56. The van der Waals surface area contributed by atoms with Crippen molar-refractivity contribution >= 4 is 28.3 Å². The van der Waals surface area contributed by atoms with Gasteiger partial charge in [0.15, 0.2) is 0 Å². The molecule has 1 aromatic heterocycles. The Morgan fingerprint density at radius 2 is 2.06 bits per heavy atom. The van der Waals surface area contributed by atoms with Gasteiger partial charge >= 0.3 is 0 Å². The van der Waals surface area contributed by atoms with Crippen LogP contribution >= 0.6 is 22.6 Å². The molecule has 0 fully saturated rings. The summed E-state index contributed by atoms with van der Waals surface area (Å²) in [5.41, 5.74) is 1.05. The summed E-state index contributed by atoms with van der Waals surface area (Å²) in [6, 6.07) is 6.40. The molecule has 0 radical (unpaired) electrons. The van der Waals surface area contributed by atoms with Crippen molar-refractivity contribution in [2.45, 2.75) is 6.54 Å². The number of halogens is 1. The van der Waals surface area contributed by atoms with Gasteiger partial charge in [-0.25, -0.2) is 4.68 Å². The summed E-state index contributed by atoms with van der Waals surface area (Å²) in [4.78, 5) is 10.0. The average molecular weight is 330 g/mol. The monoisotopic (exact) mass is 330 g/mol. The predicted octanol–water partition coefficient (Wildman–Crippen LogP) is 1.84. The van der Waals surface area contributed by atoms with Crippen LogP contribution in [0.15, 0.2) is 30.5 Å². The molecule has 7 heteroatoms. The van der Waals surface area contributed by atoms with Gasteiger partial charge in [-0.2, -0.15) is 0 Å². The second-order valence-electron chi connectivity index (χ2n) is 3.16. The Balaban J connectivity index is 2.14. The van der Waals surface area contributed by atoms with Gasteiger partial charge in [0.2, 0.25) is 0 Å². The highest BCUT2D eigenvalue weighted by atomic mass is 127. The van der Waals surface area contributed by atoms with Gasteiger partial charge in [-0.05, 0) is 28.2 Å². The smallest absolute Gasteiger partial charge is 0.258 e. The molecule has 0 aliphatic heterocycles. The van der Waals surface area contributed by atoms with E-state index in [4.69, 9.17) is 0 Å². The number of nitro groups is 1. The Kier molecular flexibility index (Phi) is 3.13. The van der Waals surface area contributed by atoms with Crippen molar-refractivity contribution in [1.29, 1.82) is 0 Å². The highest BCUT2D eigenvalue weighted by Crippen LogP contribution is 2.12. The van der Waals surface area contributed by atoms with Crippen LogP contribution in [-0.4, -0.2) is 19.9 Å². The van der Waals surface area contributed by atoms with Gasteiger partial charge in [0.25, 0.3) is 5.69 Å². The fourth-order valence-corrected chi connectivity index (χ4v) is 1.68. The van der Waals surface area contributed by atoms with E-state index >= 15 is 0 Å². The zero-order valence-corrected chi connectivity index (χ0v) is 10.2. The quantitative estimate of drug-likeness (QED) is 0.489. The van der Waals surface area contributed by atoms with Crippen molar-refractivity contribution in [3.63, 3.8) is 0 Å². The molecular formula is C9H7IN4O2. The van der Waals surface area contributed by atoms with Gasteiger partial charge < -0.3 is 0 Å². The van der Waals surface area contributed by atoms with Crippen LogP contribution in [-0.2, 0) is 6.54 Å². The molecule has 0 saturated heterocycles. The minimum absolute atomic E-state index is 0.0944. The van der Waals surface area contributed by atoms with Crippen molar-refractivity contribution in [2.75, 3.05) is 0 Å². The summed E-state index contributed by atoms with van der Waals surface area (Å²) in [5.74, 6) is 0. The van der Waals surface area contributed by atoms with E-state index in [-0.39, 0.29) is 5.69 Å². The van der Waals surface area contributed by atoms with E-state index in [9.17, 15) is 10.1 Å². The number of hydrogen-bond donors (Lipinski definition) is 0. The molecule has 0 N–H and O–H groups in total. The number of rotatable bonds is 3. The van der Waals surface area contributed by atoms with E-state index < -0.39 is 4.92 Å². The zero-order chi connectivity index (χ0) is 11.5. The van der Waals surface area contributed by atoms with Crippen LogP contribution in [0.3, 0.4) is 0 Å². The molecule has 0 aliphatic carbocycles. The third-order valence-electron chi connectivity index (χ3n) is 2.00. The molecule has 2 aromatic rings. The Labute approximate surface area is 105 Å². The number of aromatic nitrogens is 3. The van der Waals surface area contributed by atoms with Crippen LogP contribution in [0.4, 0.5) is 5.69 Å². The highest BCUT2D eigenvalue weighted by molar-refractivity contribution is 14.1. The largest absolute Gasteiger partial charge is 0.269 e. The van der Waals surface area contributed by atoms with Crippen molar-refractivity contribution < 1.29 is 4.92 Å². The van der Waals surface area contributed by atoms with Crippen molar-refractivity contribution in [3.05, 3.63) is 49.8 Å². The first-order chi connectivity index (χ1) is 7.65. The molecule has 0 amide bonds. The third kappa shape index (κ3) is 2.54. The minimum Gasteiger partial charge on any atom is -0.258 e. The topological polar surface area (TPSA) is 73.8 Å². The van der Waals surface area contributed by atoms with Crippen LogP contribution in [0.1, 0.15) is 5.56 Å². The zero-order valence-electron chi connectivity index (χ0n) is 8.08. The first-order valence-electron chi connectivity index (χ1n) is 4.44. The van der Waals surface area contributed by atoms with Gasteiger partial charge in [-0.3, -0.25) is 10.1 Å². The number of benzene rings is 1. The summed E-state index contributed by atoms with van der Waals surface area (Å²) >= 11 is 2.07. The Bertz CT molecular complexity index is 508. The molecule has 1 aromatic carbocycles. The highest BCUT2D eigenvalue weighted by Gasteiger charge is 2.04. The molecule has 82 valence electrons. The molecule has 0 saturated carbocycles. The average Bonchev–Trinajstić information content (AvgIpc) is 2.65. The second-order valence-corrected chi connectivity index (χ2v) is 4.27. The van der Waals surface area contributed by atoms with E-state index in [0.29, 0.717) is 6.54 Å². The number of nitro benzene ring substituents is 1. The fourth-order valence-electron chi connectivity index (χ4n) is 1.26. The fraction of sp³-hybridized carbons (Fsp3) is 0.111. The number of hydrogen-bond acceptors (Lipinski definition) is 4. The summed E-state index contributed by atoms with van der Waals surface area (Å²) in [6.45, 7) is 0.563. The van der Waals surface area contributed by atoms with Crippen LogP contribution in [0.2, 0.25) is 0 Å². The maximum atomic E-state index is 10.5. The molecule has 0 spiro atoms. The first kappa shape index (κ1) is 11.0. The lowest BCUT2D eigenvalue weighted by Gasteiger charge is -1.99. The van der Waals surface area contributed by atoms with Gasteiger partial charge in [-0.15, -0.1) is 5.10 Å². The van der Waals surface area contributed by atoms with E-state index in [1.807, 2.05) is 6.20 Å². The first-order valence-corrected chi connectivity index (χ1v) is 5.52. The summed E-state index contributed by atoms with van der Waals surface area (Å²) in [6.07, 6.45) is 1.81. The lowest BCUT2D eigenvalue weighted by atomic mass is 10.2. The maximum Gasteiger partial charge on any atom is 0.269 e. The van der Waals surface area contributed by atoms with Crippen LogP contribution in [0.5, 0.6) is 0 Å². The van der Waals surface area contributed by atoms with E-state index in [0.717, 1.165) is 9.26 Å². The van der Waals surface area contributed by atoms with Crippen LogP contribution in [0.25, 0.3) is 0 Å². The minimum atomic E-state index is -0.414. The van der Waals surface area contributed by atoms with E-state index in [2.05, 4.69) is 32.9 Å². The Morgan fingerprint density at radius 1 is 1.38 bits per heavy atom. The van der Waals surface area contributed by atoms with E-state index in [1.54, 1.807) is 16.8 Å². The molecule has 1 heterocycles. The summed E-state index contributed by atoms with van der Waals surface area (Å²) in [7, 11) is 0. The molecule has 0 bridgehead atoms. The Morgan fingerprint density at radius 3 is 2.56 bits per heavy atom. The van der Waals surface area contributed by atoms with Gasteiger partial charge in [-0.1, -0.05) is 17.3 Å². The summed E-state index contributed by atoms with van der Waals surface area (Å²) in [5, 5.41) is 18.2. The summed E-state index contributed by atoms with van der Waals surface area (Å²) < 4.78 is 2.50. The van der Waals surface area contributed by atoms with Crippen molar-refractivity contribution in [3.8, 4) is 0 Å². The van der Waals surface area contributed by atoms with Gasteiger partial charge in [0, 0.05) is 12.1 Å². The Hall–Kier alpha value is -1.51. The molecule has 2 rings (SSSR count). The number of non-ortho nitro benzene ring substituents is 1. The van der Waals surface area contributed by atoms with Crippen LogP contribution in [0, 0.1) is 13.8 Å². The van der Waals surface area contributed by atoms with Crippen LogP contribution < -0.4 is 0 Å². The van der Waals surface area contributed by atoms with Gasteiger partial charge in [0.05, 0.1) is 17.7 Å². The van der Waals surface area contributed by atoms with Crippen molar-refractivity contribution in [1.82, 2.24) is 15.0 Å². The molecule has 0 unspecified atom stereocenters. The standard InChI is InChI=1S/C9H7IN4O2/c10-9-6-13(12-11-9)5-7-1-3-8(4-2-7)14(15)16/h1-4,6H,5H2. The maximum absolute atomic E-state index is 10.5. The van der Waals surface area contributed by atoms with Gasteiger partial charge in [0.1, 0.15) is 3.70 Å². The molecule has 0 atom stereocenters. The normalized spacial score (nSPS) is 10.3. The SMILES string of the molecule is O=[N+]([O-])c1ccc(Cn2cc(I)nn2)cc1.